The molecule has 0 radical (unpaired) electrons. The fraction of sp³-hybridized carbons (Fsp3) is 0.222. The Kier molecular flexibility index (Phi) is 3.53. The van der Waals surface area contributed by atoms with Crippen LogP contribution in [0.15, 0.2) is 48.7 Å². The van der Waals surface area contributed by atoms with Crippen LogP contribution in [0.25, 0.3) is 10.9 Å². The van der Waals surface area contributed by atoms with Gasteiger partial charge in [0.05, 0.1) is 23.8 Å². The van der Waals surface area contributed by atoms with Gasteiger partial charge in [-0.1, -0.05) is 35.9 Å². The van der Waals surface area contributed by atoms with Crippen LogP contribution < -0.4 is 0 Å². The van der Waals surface area contributed by atoms with Crippen LogP contribution in [0.4, 0.5) is 4.39 Å². The van der Waals surface area contributed by atoms with Gasteiger partial charge in [-0.2, -0.15) is 5.10 Å². The maximum Gasteiger partial charge on any atom is 0.256 e. The topological polar surface area (TPSA) is 49.0 Å². The van der Waals surface area contributed by atoms with E-state index in [9.17, 15) is 4.79 Å². The third kappa shape index (κ3) is 2.45. The number of rotatable bonds is 2. The lowest BCUT2D eigenvalue weighted by Crippen LogP contribution is -2.32. The lowest BCUT2D eigenvalue weighted by atomic mass is 9.95. The summed E-state index contributed by atoms with van der Waals surface area (Å²) >= 11 is 5.97. The van der Waals surface area contributed by atoms with Gasteiger partial charge in [0.1, 0.15) is 0 Å². The van der Waals surface area contributed by atoms with Crippen molar-refractivity contribution in [2.75, 3.05) is 13.1 Å². The molecule has 1 atom stereocenters. The first-order valence-electron chi connectivity index (χ1n) is 7.73. The standard InChI is InChI=1S/C18H15ClFN3O/c19-14-5-2-4-13(9-14)18(20)7-8-23(11-18)17(24)15-6-1-3-12-10-21-22-16(12)15/h1-6,9-10H,7-8,11H2,(H,21,22). The van der Waals surface area contributed by atoms with E-state index < -0.39 is 5.67 Å². The molecule has 1 aliphatic rings. The number of H-pyrrole nitrogens is 1. The molecule has 1 amide bonds. The van der Waals surface area contributed by atoms with Crippen LogP contribution in [0.1, 0.15) is 22.3 Å². The summed E-state index contributed by atoms with van der Waals surface area (Å²) in [6.45, 7) is 0.392. The van der Waals surface area contributed by atoms with E-state index in [0.717, 1.165) is 5.39 Å². The number of carbonyl (C=O) groups is 1. The molecule has 0 spiro atoms. The van der Waals surface area contributed by atoms with Crippen molar-refractivity contribution in [3.8, 4) is 0 Å². The summed E-state index contributed by atoms with van der Waals surface area (Å²) in [7, 11) is 0. The Balaban J connectivity index is 1.63. The number of aromatic amines is 1. The van der Waals surface area contributed by atoms with E-state index in [-0.39, 0.29) is 18.9 Å². The minimum absolute atomic E-state index is 0.0245. The second-order valence-electron chi connectivity index (χ2n) is 6.09. The van der Waals surface area contributed by atoms with Crippen LogP contribution in [0, 0.1) is 0 Å². The van der Waals surface area contributed by atoms with Gasteiger partial charge in [-0.3, -0.25) is 9.89 Å². The van der Waals surface area contributed by atoms with Crippen LogP contribution in [-0.4, -0.2) is 34.1 Å². The van der Waals surface area contributed by atoms with Gasteiger partial charge in [0.25, 0.3) is 5.91 Å². The quantitative estimate of drug-likeness (QED) is 0.766. The number of hydrogen-bond donors (Lipinski definition) is 1. The molecule has 0 saturated carbocycles. The summed E-state index contributed by atoms with van der Waals surface area (Å²) in [5, 5.41) is 8.18. The number of carbonyl (C=O) groups excluding carboxylic acids is 1. The Labute approximate surface area is 143 Å². The highest BCUT2D eigenvalue weighted by atomic mass is 35.5. The zero-order valence-corrected chi connectivity index (χ0v) is 13.6. The van der Waals surface area contributed by atoms with Gasteiger partial charge < -0.3 is 4.90 Å². The summed E-state index contributed by atoms with van der Waals surface area (Å²) in [6.07, 6.45) is 1.93. The second-order valence-corrected chi connectivity index (χ2v) is 6.53. The lowest BCUT2D eigenvalue weighted by Gasteiger charge is -2.22. The highest BCUT2D eigenvalue weighted by molar-refractivity contribution is 6.30. The average molecular weight is 344 g/mol. The molecule has 1 aliphatic heterocycles. The second kappa shape index (κ2) is 5.60. The van der Waals surface area contributed by atoms with Gasteiger partial charge in [-0.25, -0.2) is 4.39 Å². The molecule has 1 aromatic heterocycles. The van der Waals surface area contributed by atoms with Crippen LogP contribution in [0.2, 0.25) is 5.02 Å². The smallest absolute Gasteiger partial charge is 0.256 e. The molecule has 4 nitrogen and oxygen atoms in total. The molecule has 1 N–H and O–H groups in total. The Bertz CT molecular complexity index is 925. The molecule has 6 heteroatoms. The third-order valence-electron chi connectivity index (χ3n) is 4.56. The minimum atomic E-state index is -1.57. The summed E-state index contributed by atoms with van der Waals surface area (Å²) in [5.74, 6) is -0.189. The molecule has 0 bridgehead atoms. The summed E-state index contributed by atoms with van der Waals surface area (Å²) in [6, 6.07) is 12.2. The van der Waals surface area contributed by atoms with E-state index in [2.05, 4.69) is 10.2 Å². The molecule has 2 aromatic carbocycles. The van der Waals surface area contributed by atoms with Crippen molar-refractivity contribution in [1.82, 2.24) is 15.1 Å². The molecule has 1 unspecified atom stereocenters. The maximum absolute atomic E-state index is 15.3. The third-order valence-corrected chi connectivity index (χ3v) is 4.79. The van der Waals surface area contributed by atoms with Crippen molar-refractivity contribution in [1.29, 1.82) is 0 Å². The van der Waals surface area contributed by atoms with Crippen molar-refractivity contribution in [2.24, 2.45) is 0 Å². The highest BCUT2D eigenvalue weighted by Gasteiger charge is 2.42. The van der Waals surface area contributed by atoms with Crippen LogP contribution in [-0.2, 0) is 5.67 Å². The zero-order valence-electron chi connectivity index (χ0n) is 12.8. The van der Waals surface area contributed by atoms with Gasteiger partial charge in [0.2, 0.25) is 0 Å². The SMILES string of the molecule is O=C(c1cccc2cn[nH]c12)N1CCC(F)(c2cccc(Cl)c2)C1. The fourth-order valence-corrected chi connectivity index (χ4v) is 3.46. The zero-order chi connectivity index (χ0) is 16.7. The number of amides is 1. The predicted octanol–water partition coefficient (Wildman–Crippen LogP) is 3.93. The van der Waals surface area contributed by atoms with Gasteiger partial charge in [-0.05, 0) is 23.8 Å². The average Bonchev–Trinajstić information content (AvgIpc) is 3.21. The number of hydrogen-bond acceptors (Lipinski definition) is 2. The van der Waals surface area contributed by atoms with E-state index in [1.54, 1.807) is 47.5 Å². The van der Waals surface area contributed by atoms with Crippen molar-refractivity contribution >= 4 is 28.4 Å². The monoisotopic (exact) mass is 343 g/mol. The van der Waals surface area contributed by atoms with E-state index >= 15 is 4.39 Å². The lowest BCUT2D eigenvalue weighted by molar-refractivity contribution is 0.0752. The molecule has 4 rings (SSSR count). The number of fused-ring (bicyclic) bond motifs is 1. The number of benzene rings is 2. The summed E-state index contributed by atoms with van der Waals surface area (Å²) < 4.78 is 15.3. The summed E-state index contributed by atoms with van der Waals surface area (Å²) in [4.78, 5) is 14.4. The Morgan fingerprint density at radius 1 is 1.29 bits per heavy atom. The number of aromatic nitrogens is 2. The van der Waals surface area contributed by atoms with Crippen molar-refractivity contribution in [3.63, 3.8) is 0 Å². The fourth-order valence-electron chi connectivity index (χ4n) is 3.27. The van der Waals surface area contributed by atoms with Crippen LogP contribution in [0.3, 0.4) is 0 Å². The summed E-state index contributed by atoms with van der Waals surface area (Å²) in [5.41, 5.74) is 0.148. The van der Waals surface area contributed by atoms with E-state index in [1.807, 2.05) is 6.07 Å². The molecule has 24 heavy (non-hydrogen) atoms. The molecule has 1 saturated heterocycles. The van der Waals surface area contributed by atoms with E-state index in [4.69, 9.17) is 11.6 Å². The maximum atomic E-state index is 15.3. The molecule has 122 valence electrons. The Morgan fingerprint density at radius 3 is 2.96 bits per heavy atom. The molecular weight excluding hydrogens is 329 g/mol. The van der Waals surface area contributed by atoms with Crippen molar-refractivity contribution in [2.45, 2.75) is 12.1 Å². The van der Waals surface area contributed by atoms with Gasteiger partial charge in [0.15, 0.2) is 5.67 Å². The van der Waals surface area contributed by atoms with Crippen LogP contribution in [0.5, 0.6) is 0 Å². The normalized spacial score (nSPS) is 20.7. The van der Waals surface area contributed by atoms with Gasteiger partial charge in [-0.15, -0.1) is 0 Å². The Morgan fingerprint density at radius 2 is 2.12 bits per heavy atom. The Hall–Kier alpha value is -2.40. The first kappa shape index (κ1) is 15.1. The molecule has 3 aromatic rings. The van der Waals surface area contributed by atoms with Crippen LogP contribution >= 0.6 is 11.6 Å². The molecule has 2 heterocycles. The van der Waals surface area contributed by atoms with Gasteiger partial charge in [0, 0.05) is 23.4 Å². The number of alkyl halides is 1. The van der Waals surface area contributed by atoms with E-state index in [1.165, 1.54) is 0 Å². The molecule has 1 fully saturated rings. The van der Waals surface area contributed by atoms with Crippen molar-refractivity contribution < 1.29 is 9.18 Å². The first-order chi connectivity index (χ1) is 11.6. The minimum Gasteiger partial charge on any atom is -0.335 e. The highest BCUT2D eigenvalue weighted by Crippen LogP contribution is 2.37. The number of para-hydroxylation sites is 1. The predicted molar refractivity (Wildman–Crippen MR) is 90.9 cm³/mol. The first-order valence-corrected chi connectivity index (χ1v) is 8.11. The number of nitrogens with one attached hydrogen (secondary N) is 1. The number of likely N-dealkylation sites (tertiary alicyclic amines) is 1. The largest absolute Gasteiger partial charge is 0.335 e. The van der Waals surface area contributed by atoms with Gasteiger partial charge >= 0.3 is 0 Å². The van der Waals surface area contributed by atoms with E-state index in [0.29, 0.717) is 28.2 Å². The number of nitrogens with zero attached hydrogens (tertiary/aromatic N) is 2. The molecular formula is C18H15ClFN3O. The van der Waals surface area contributed by atoms with Crippen molar-refractivity contribution in [3.05, 3.63) is 64.8 Å². The molecule has 0 aliphatic carbocycles. The number of halogens is 2.